The van der Waals surface area contributed by atoms with Gasteiger partial charge in [-0.05, 0) is 6.92 Å². The molecule has 13 heavy (non-hydrogen) atoms. The molecule has 1 atom stereocenters. The fourth-order valence-corrected chi connectivity index (χ4v) is 1.70. The van der Waals surface area contributed by atoms with Gasteiger partial charge in [0.1, 0.15) is 0 Å². The third-order valence-electron chi connectivity index (χ3n) is 1.18. The first kappa shape index (κ1) is 12.4. The van der Waals surface area contributed by atoms with Gasteiger partial charge in [-0.15, -0.1) is 0 Å². The van der Waals surface area contributed by atoms with Gasteiger partial charge in [-0.25, -0.2) is 0 Å². The Balaban J connectivity index is 5.49. The number of hydrogen-bond donors (Lipinski definition) is 4. The highest BCUT2D eigenvalue weighted by molar-refractivity contribution is 8.04. The topological polar surface area (TPSA) is 153 Å². The van der Waals surface area contributed by atoms with Gasteiger partial charge in [-0.3, -0.25) is 14.5 Å². The van der Waals surface area contributed by atoms with E-state index in [1.807, 2.05) is 0 Å². The van der Waals surface area contributed by atoms with Crippen LogP contribution in [0.3, 0.4) is 0 Å². The van der Waals surface area contributed by atoms with Crippen molar-refractivity contribution in [3.05, 3.63) is 0 Å². The predicted octanol–water partition coefficient (Wildman–Crippen LogP) is -1.55. The molecular weight excluding hydrogens is 226 g/mol. The molecule has 1 unspecified atom stereocenters. The van der Waals surface area contributed by atoms with E-state index in [-0.39, 0.29) is 0 Å². The average molecular weight is 233 g/mol. The maximum Gasteiger partial charge on any atom is 0.311 e. The van der Waals surface area contributed by atoms with E-state index < -0.39 is 30.2 Å². The average Bonchev–Trinajstić information content (AvgIpc) is 1.81. The molecule has 0 bridgehead atoms. The van der Waals surface area contributed by atoms with Crippen molar-refractivity contribution >= 4 is 25.3 Å². The number of nitrogens with one attached hydrogen (secondary N) is 1. The first-order valence-electron chi connectivity index (χ1n) is 2.66. The maximum atomic E-state index is 10.3. The van der Waals surface area contributed by atoms with Crippen LogP contribution in [0.2, 0.25) is 0 Å². The molecule has 0 aliphatic rings. The predicted molar refractivity (Wildman–Crippen MR) is 41.4 cm³/mol. The summed E-state index contributed by atoms with van der Waals surface area (Å²) in [6.07, 6.45) is 0. The molecule has 0 aromatic carbocycles. The first-order chi connectivity index (χ1) is 5.40. The highest BCUT2D eigenvalue weighted by Gasteiger charge is 2.46. The molecule has 10 heteroatoms. The monoisotopic (exact) mass is 233 g/mol. The standard InChI is InChI=1S/C3H7NO7S2/c1-3(5,13(9,10)11)2(4)12(6,7)8/h4-5H,1H3,(H,6,7,8)(H,9,10,11). The summed E-state index contributed by atoms with van der Waals surface area (Å²) in [5.74, 6) is 0. The molecule has 0 aliphatic carbocycles. The number of hydrogen-bond acceptors (Lipinski definition) is 6. The van der Waals surface area contributed by atoms with E-state index in [0.29, 0.717) is 6.92 Å². The fraction of sp³-hybridized carbons (Fsp3) is 0.667. The Kier molecular flexibility index (Phi) is 2.86. The van der Waals surface area contributed by atoms with Crippen molar-refractivity contribution in [2.24, 2.45) is 0 Å². The summed E-state index contributed by atoms with van der Waals surface area (Å²) >= 11 is 0. The van der Waals surface area contributed by atoms with Crippen LogP contribution < -0.4 is 0 Å². The van der Waals surface area contributed by atoms with Crippen LogP contribution in [0.1, 0.15) is 6.92 Å². The lowest BCUT2D eigenvalue weighted by atomic mass is 10.4. The van der Waals surface area contributed by atoms with Gasteiger partial charge in [0.15, 0.2) is 0 Å². The minimum atomic E-state index is -5.19. The molecule has 4 N–H and O–H groups in total. The number of aliphatic hydroxyl groups is 1. The fourth-order valence-electron chi connectivity index (χ4n) is 0.356. The molecule has 8 nitrogen and oxygen atoms in total. The Morgan fingerprint density at radius 1 is 1.23 bits per heavy atom. The minimum Gasteiger partial charge on any atom is -0.367 e. The third kappa shape index (κ3) is 2.45. The summed E-state index contributed by atoms with van der Waals surface area (Å²) in [5.41, 5.74) is 0. The Labute approximate surface area is 74.2 Å². The highest BCUT2D eigenvalue weighted by atomic mass is 32.2. The van der Waals surface area contributed by atoms with Crippen molar-refractivity contribution in [3.63, 3.8) is 0 Å². The van der Waals surface area contributed by atoms with E-state index >= 15 is 0 Å². The van der Waals surface area contributed by atoms with Gasteiger partial charge in [-0.2, -0.15) is 16.8 Å². The molecule has 0 rings (SSSR count). The SMILES string of the molecule is CC(O)(C(=N)S(=O)(=O)O)S(=O)(=O)O. The van der Waals surface area contributed by atoms with E-state index in [2.05, 4.69) is 0 Å². The summed E-state index contributed by atoms with van der Waals surface area (Å²) in [4.78, 5) is -3.35. The van der Waals surface area contributed by atoms with Crippen LogP contribution in [0.25, 0.3) is 0 Å². The van der Waals surface area contributed by atoms with Gasteiger partial charge in [0.25, 0.3) is 0 Å². The van der Waals surface area contributed by atoms with Gasteiger partial charge in [-0.1, -0.05) is 0 Å². The Hall–Kier alpha value is -0.550. The molecule has 0 spiro atoms. The number of rotatable bonds is 2. The zero-order valence-electron chi connectivity index (χ0n) is 6.29. The Bertz CT molecular complexity index is 415. The van der Waals surface area contributed by atoms with Gasteiger partial charge >= 0.3 is 20.2 Å². The molecule has 0 saturated carbocycles. The van der Waals surface area contributed by atoms with E-state index in [4.69, 9.17) is 19.6 Å². The molecule has 0 aromatic heterocycles. The highest BCUT2D eigenvalue weighted by Crippen LogP contribution is 2.15. The van der Waals surface area contributed by atoms with Gasteiger partial charge in [0.05, 0.1) is 0 Å². The molecular formula is C3H7NO7S2. The molecule has 0 saturated heterocycles. The van der Waals surface area contributed by atoms with E-state index in [1.54, 1.807) is 0 Å². The van der Waals surface area contributed by atoms with Crippen molar-refractivity contribution < 1.29 is 31.0 Å². The van der Waals surface area contributed by atoms with Crippen LogP contribution in [0.15, 0.2) is 0 Å². The lowest BCUT2D eigenvalue weighted by molar-refractivity contribution is 0.199. The minimum absolute atomic E-state index is 0.346. The van der Waals surface area contributed by atoms with Crippen molar-refractivity contribution in [1.82, 2.24) is 0 Å². The summed E-state index contributed by atoms with van der Waals surface area (Å²) in [6, 6.07) is 0. The second-order valence-electron chi connectivity index (χ2n) is 2.26. The normalized spacial score (nSPS) is 17.8. The smallest absolute Gasteiger partial charge is 0.311 e. The summed E-state index contributed by atoms with van der Waals surface area (Å²) in [5, 5.41) is 13.5. The third-order valence-corrected chi connectivity index (χ3v) is 3.43. The Morgan fingerprint density at radius 3 is 1.62 bits per heavy atom. The molecule has 0 aliphatic heterocycles. The van der Waals surface area contributed by atoms with Gasteiger partial charge < -0.3 is 5.11 Å². The summed E-state index contributed by atoms with van der Waals surface area (Å²) < 4.78 is 57.6. The van der Waals surface area contributed by atoms with Crippen molar-refractivity contribution in [3.8, 4) is 0 Å². The van der Waals surface area contributed by atoms with E-state index in [9.17, 15) is 16.8 Å². The molecule has 0 radical (unpaired) electrons. The second-order valence-corrected chi connectivity index (χ2v) is 5.37. The summed E-state index contributed by atoms with van der Waals surface area (Å²) in [7, 11) is -10.3. The quantitative estimate of drug-likeness (QED) is 0.256. The van der Waals surface area contributed by atoms with Crippen LogP contribution in [0, 0.1) is 5.41 Å². The summed E-state index contributed by atoms with van der Waals surface area (Å²) in [6.45, 7) is 0.346. The zero-order chi connectivity index (χ0) is 11.1. The first-order valence-corrected chi connectivity index (χ1v) is 5.54. The maximum absolute atomic E-state index is 10.3. The molecule has 0 aromatic rings. The van der Waals surface area contributed by atoms with Crippen LogP contribution >= 0.6 is 0 Å². The largest absolute Gasteiger partial charge is 0.367 e. The molecule has 0 amide bonds. The van der Waals surface area contributed by atoms with Crippen LogP contribution in [0.4, 0.5) is 0 Å². The lowest BCUT2D eigenvalue weighted by Crippen LogP contribution is -2.46. The van der Waals surface area contributed by atoms with E-state index in [0.717, 1.165) is 0 Å². The van der Waals surface area contributed by atoms with Crippen molar-refractivity contribution in [1.29, 1.82) is 5.41 Å². The van der Waals surface area contributed by atoms with Crippen LogP contribution in [-0.4, -0.2) is 41.0 Å². The molecule has 0 heterocycles. The van der Waals surface area contributed by atoms with E-state index in [1.165, 1.54) is 0 Å². The van der Waals surface area contributed by atoms with Crippen molar-refractivity contribution in [2.75, 3.05) is 0 Å². The van der Waals surface area contributed by atoms with Gasteiger partial charge in [0.2, 0.25) is 9.98 Å². The molecule has 78 valence electrons. The Morgan fingerprint density at radius 2 is 1.54 bits per heavy atom. The zero-order valence-corrected chi connectivity index (χ0v) is 7.92. The van der Waals surface area contributed by atoms with Crippen molar-refractivity contribution in [2.45, 2.75) is 11.9 Å². The van der Waals surface area contributed by atoms with Crippen LogP contribution in [0.5, 0.6) is 0 Å². The molecule has 0 fully saturated rings. The second kappa shape index (κ2) is 2.99. The van der Waals surface area contributed by atoms with Crippen LogP contribution in [-0.2, 0) is 20.2 Å². The lowest BCUT2D eigenvalue weighted by Gasteiger charge is -2.17. The van der Waals surface area contributed by atoms with Gasteiger partial charge in [0, 0.05) is 0 Å².